The van der Waals surface area contributed by atoms with Crippen LogP contribution in [0.25, 0.3) is 0 Å². The van der Waals surface area contributed by atoms with Crippen molar-refractivity contribution in [2.75, 3.05) is 20.8 Å². The molecule has 0 aliphatic heterocycles. The van der Waals surface area contributed by atoms with Gasteiger partial charge in [-0.25, -0.2) is 0 Å². The van der Waals surface area contributed by atoms with Crippen molar-refractivity contribution in [1.29, 1.82) is 0 Å². The molecule has 0 spiro atoms. The van der Waals surface area contributed by atoms with Crippen molar-refractivity contribution in [2.24, 2.45) is 0 Å². The van der Waals surface area contributed by atoms with Crippen LogP contribution in [-0.4, -0.2) is 37.7 Å². The SMILES string of the molecule is COc1ccc(OC)c(CN(C(=O)COc2cccc(C)c2)C2CC2)c1. The normalized spacial score (nSPS) is 13.2. The van der Waals surface area contributed by atoms with Gasteiger partial charge >= 0.3 is 0 Å². The zero-order valence-electron chi connectivity index (χ0n) is 15.5. The number of nitrogens with zero attached hydrogens (tertiary/aromatic N) is 1. The first kappa shape index (κ1) is 18.1. The highest BCUT2D eigenvalue weighted by Gasteiger charge is 2.33. The van der Waals surface area contributed by atoms with Crippen LogP contribution in [0.5, 0.6) is 17.2 Å². The summed E-state index contributed by atoms with van der Waals surface area (Å²) in [6.45, 7) is 2.52. The second kappa shape index (κ2) is 8.13. The topological polar surface area (TPSA) is 48.0 Å². The van der Waals surface area contributed by atoms with Crippen LogP contribution in [0.4, 0.5) is 0 Å². The van der Waals surface area contributed by atoms with E-state index >= 15 is 0 Å². The third kappa shape index (κ3) is 4.48. The molecular formula is C21H25NO4. The van der Waals surface area contributed by atoms with Crippen LogP contribution in [0.1, 0.15) is 24.0 Å². The molecule has 0 saturated heterocycles. The van der Waals surface area contributed by atoms with Crippen LogP contribution < -0.4 is 14.2 Å². The quantitative estimate of drug-likeness (QED) is 0.726. The first-order valence-corrected chi connectivity index (χ1v) is 8.80. The Labute approximate surface area is 154 Å². The fourth-order valence-corrected chi connectivity index (χ4v) is 2.93. The second-order valence-electron chi connectivity index (χ2n) is 6.54. The number of hydrogen-bond acceptors (Lipinski definition) is 4. The molecule has 0 N–H and O–H groups in total. The summed E-state index contributed by atoms with van der Waals surface area (Å²) in [7, 11) is 3.26. The van der Waals surface area contributed by atoms with Gasteiger partial charge in [-0.15, -0.1) is 0 Å². The van der Waals surface area contributed by atoms with Crippen molar-refractivity contribution >= 4 is 5.91 Å². The largest absolute Gasteiger partial charge is 0.497 e. The Morgan fingerprint density at radius 3 is 2.54 bits per heavy atom. The van der Waals surface area contributed by atoms with E-state index in [0.717, 1.165) is 35.5 Å². The smallest absolute Gasteiger partial charge is 0.261 e. The van der Waals surface area contributed by atoms with E-state index < -0.39 is 0 Å². The minimum Gasteiger partial charge on any atom is -0.497 e. The number of aryl methyl sites for hydroxylation is 1. The van der Waals surface area contributed by atoms with Gasteiger partial charge in [0, 0.05) is 18.2 Å². The lowest BCUT2D eigenvalue weighted by molar-refractivity contribution is -0.134. The van der Waals surface area contributed by atoms with E-state index in [9.17, 15) is 4.79 Å². The number of hydrogen-bond donors (Lipinski definition) is 0. The second-order valence-corrected chi connectivity index (χ2v) is 6.54. The number of amides is 1. The lowest BCUT2D eigenvalue weighted by atomic mass is 10.1. The molecule has 0 unspecified atom stereocenters. The summed E-state index contributed by atoms with van der Waals surface area (Å²) in [5, 5.41) is 0. The molecule has 1 fully saturated rings. The van der Waals surface area contributed by atoms with Crippen LogP contribution in [0.15, 0.2) is 42.5 Å². The monoisotopic (exact) mass is 355 g/mol. The Balaban J connectivity index is 1.70. The molecule has 1 aliphatic rings. The van der Waals surface area contributed by atoms with E-state index in [-0.39, 0.29) is 18.6 Å². The van der Waals surface area contributed by atoms with Crippen molar-refractivity contribution in [3.05, 3.63) is 53.6 Å². The number of carbonyl (C=O) groups excluding carboxylic acids is 1. The summed E-state index contributed by atoms with van der Waals surface area (Å²) in [6, 6.07) is 13.6. The van der Waals surface area contributed by atoms with Gasteiger partial charge < -0.3 is 19.1 Å². The highest BCUT2D eigenvalue weighted by atomic mass is 16.5. The Morgan fingerprint density at radius 2 is 1.88 bits per heavy atom. The molecule has 0 atom stereocenters. The van der Waals surface area contributed by atoms with Crippen molar-refractivity contribution in [1.82, 2.24) is 4.90 Å². The summed E-state index contributed by atoms with van der Waals surface area (Å²) in [4.78, 5) is 14.7. The fraction of sp³-hybridized carbons (Fsp3) is 0.381. The summed E-state index contributed by atoms with van der Waals surface area (Å²) < 4.78 is 16.4. The lowest BCUT2D eigenvalue weighted by Gasteiger charge is -2.24. The van der Waals surface area contributed by atoms with E-state index in [1.165, 1.54) is 0 Å². The number of methoxy groups -OCH3 is 2. The Bertz CT molecular complexity index is 770. The highest BCUT2D eigenvalue weighted by molar-refractivity contribution is 5.78. The maximum Gasteiger partial charge on any atom is 0.261 e. The molecule has 0 heterocycles. The van der Waals surface area contributed by atoms with Gasteiger partial charge in [-0.05, 0) is 55.7 Å². The minimum atomic E-state index is -0.0149. The number of benzene rings is 2. The average Bonchev–Trinajstić information content (AvgIpc) is 3.49. The predicted molar refractivity (Wildman–Crippen MR) is 99.8 cm³/mol. The summed E-state index contributed by atoms with van der Waals surface area (Å²) in [5.41, 5.74) is 2.04. The minimum absolute atomic E-state index is 0.0149. The van der Waals surface area contributed by atoms with Gasteiger partial charge in [-0.2, -0.15) is 0 Å². The van der Waals surface area contributed by atoms with Crippen LogP contribution >= 0.6 is 0 Å². The third-order valence-corrected chi connectivity index (χ3v) is 4.49. The maximum atomic E-state index is 12.8. The number of rotatable bonds is 8. The Hall–Kier alpha value is -2.69. The van der Waals surface area contributed by atoms with Gasteiger partial charge in [0.05, 0.1) is 14.2 Å². The van der Waals surface area contributed by atoms with Crippen LogP contribution in [0, 0.1) is 6.92 Å². The van der Waals surface area contributed by atoms with E-state index in [4.69, 9.17) is 14.2 Å². The molecular weight excluding hydrogens is 330 g/mol. The molecule has 2 aromatic carbocycles. The molecule has 2 aromatic rings. The van der Waals surface area contributed by atoms with Crippen molar-refractivity contribution in [3.8, 4) is 17.2 Å². The highest BCUT2D eigenvalue weighted by Crippen LogP contribution is 2.32. The molecule has 0 bridgehead atoms. The summed E-state index contributed by atoms with van der Waals surface area (Å²) in [6.07, 6.45) is 2.06. The molecule has 1 saturated carbocycles. The molecule has 0 radical (unpaired) electrons. The lowest BCUT2D eigenvalue weighted by Crippen LogP contribution is -2.36. The zero-order chi connectivity index (χ0) is 18.5. The molecule has 5 heteroatoms. The van der Waals surface area contributed by atoms with E-state index in [2.05, 4.69) is 0 Å². The first-order chi connectivity index (χ1) is 12.6. The van der Waals surface area contributed by atoms with Gasteiger partial charge in [-0.1, -0.05) is 12.1 Å². The molecule has 0 aromatic heterocycles. The number of ether oxygens (including phenoxy) is 3. The summed E-state index contributed by atoms with van der Waals surface area (Å²) in [5.74, 6) is 2.20. The average molecular weight is 355 g/mol. The molecule has 1 amide bonds. The van der Waals surface area contributed by atoms with Crippen LogP contribution in [-0.2, 0) is 11.3 Å². The first-order valence-electron chi connectivity index (χ1n) is 8.80. The van der Waals surface area contributed by atoms with E-state index in [1.54, 1.807) is 14.2 Å². The van der Waals surface area contributed by atoms with Crippen LogP contribution in [0.2, 0.25) is 0 Å². The Kier molecular flexibility index (Phi) is 5.66. The van der Waals surface area contributed by atoms with Crippen LogP contribution in [0.3, 0.4) is 0 Å². The van der Waals surface area contributed by atoms with E-state index in [1.807, 2.05) is 54.3 Å². The molecule has 138 valence electrons. The van der Waals surface area contributed by atoms with Crippen molar-refractivity contribution < 1.29 is 19.0 Å². The van der Waals surface area contributed by atoms with Gasteiger partial charge in [0.15, 0.2) is 6.61 Å². The van der Waals surface area contributed by atoms with Gasteiger partial charge in [-0.3, -0.25) is 4.79 Å². The van der Waals surface area contributed by atoms with Gasteiger partial charge in [0.1, 0.15) is 17.2 Å². The van der Waals surface area contributed by atoms with E-state index in [0.29, 0.717) is 12.3 Å². The standard InChI is InChI=1S/C21H25NO4/c1-15-5-4-6-19(11-15)26-14-21(23)22(17-7-8-17)13-16-12-18(24-2)9-10-20(16)25-3/h4-6,9-12,17H,7-8,13-14H2,1-3H3. The zero-order valence-corrected chi connectivity index (χ0v) is 15.5. The Morgan fingerprint density at radius 1 is 1.08 bits per heavy atom. The number of carbonyl (C=O) groups is 1. The molecule has 3 rings (SSSR count). The molecule has 26 heavy (non-hydrogen) atoms. The molecule has 5 nitrogen and oxygen atoms in total. The van der Waals surface area contributed by atoms with Crippen molar-refractivity contribution in [3.63, 3.8) is 0 Å². The third-order valence-electron chi connectivity index (χ3n) is 4.49. The fourth-order valence-electron chi connectivity index (χ4n) is 2.93. The summed E-state index contributed by atoms with van der Waals surface area (Å²) >= 11 is 0. The maximum absolute atomic E-state index is 12.8. The van der Waals surface area contributed by atoms with Crippen molar-refractivity contribution in [2.45, 2.75) is 32.4 Å². The van der Waals surface area contributed by atoms with Gasteiger partial charge in [0.2, 0.25) is 0 Å². The molecule has 1 aliphatic carbocycles. The van der Waals surface area contributed by atoms with Gasteiger partial charge in [0.25, 0.3) is 5.91 Å². The predicted octanol–water partition coefficient (Wildman–Crippen LogP) is 3.58.